The van der Waals surface area contributed by atoms with Gasteiger partial charge in [-0.15, -0.1) is 0 Å². The monoisotopic (exact) mass is 445 g/mol. The molecule has 0 aliphatic carbocycles. The largest absolute Gasteiger partial charge is 0.493 e. The van der Waals surface area contributed by atoms with E-state index in [-0.39, 0.29) is 6.61 Å². The number of rotatable bonds is 12. The number of aromatic nitrogens is 2. The predicted octanol–water partition coefficient (Wildman–Crippen LogP) is 1.68. The van der Waals surface area contributed by atoms with Crippen LogP contribution in [-0.2, 0) is 13.1 Å². The maximum atomic E-state index is 10.4. The van der Waals surface area contributed by atoms with Crippen LogP contribution < -0.4 is 14.8 Å². The van der Waals surface area contributed by atoms with E-state index in [1.807, 2.05) is 29.8 Å². The molecule has 0 amide bonds. The van der Waals surface area contributed by atoms with Crippen LogP contribution in [0.25, 0.3) is 0 Å². The first-order chi connectivity index (χ1) is 15.5. The van der Waals surface area contributed by atoms with Crippen LogP contribution in [0.15, 0.2) is 24.3 Å². The maximum Gasteiger partial charge on any atom is 0.161 e. The highest BCUT2D eigenvalue weighted by molar-refractivity contribution is 5.43. The molecule has 1 aliphatic rings. The van der Waals surface area contributed by atoms with Gasteiger partial charge in [0.1, 0.15) is 12.7 Å². The number of ether oxygens (including phenoxy) is 2. The maximum absolute atomic E-state index is 10.4. The summed E-state index contributed by atoms with van der Waals surface area (Å²) in [7, 11) is 1.64. The normalized spacial score (nSPS) is 16.3. The van der Waals surface area contributed by atoms with Crippen molar-refractivity contribution < 1.29 is 14.6 Å². The second kappa shape index (κ2) is 12.2. The molecule has 32 heavy (non-hydrogen) atoms. The van der Waals surface area contributed by atoms with Crippen LogP contribution in [0, 0.1) is 13.8 Å². The molecule has 8 nitrogen and oxygen atoms in total. The van der Waals surface area contributed by atoms with Crippen LogP contribution in [0.1, 0.15) is 23.9 Å². The van der Waals surface area contributed by atoms with E-state index >= 15 is 0 Å². The number of hydrogen-bond acceptors (Lipinski definition) is 7. The number of β-amino-alcohol motifs (C(OH)–C–C–N with tert-alkyl or cyclic N) is 1. The van der Waals surface area contributed by atoms with Gasteiger partial charge in [-0.05, 0) is 44.2 Å². The first-order valence-electron chi connectivity index (χ1n) is 11.6. The second-order valence-electron chi connectivity index (χ2n) is 8.51. The minimum atomic E-state index is -0.524. The highest BCUT2D eigenvalue weighted by Gasteiger charge is 2.19. The Bertz CT molecular complexity index is 833. The van der Waals surface area contributed by atoms with Crippen molar-refractivity contribution in [3.8, 4) is 11.5 Å². The Morgan fingerprint density at radius 1 is 1.09 bits per heavy atom. The van der Waals surface area contributed by atoms with Crippen LogP contribution in [0.2, 0.25) is 0 Å². The second-order valence-corrected chi connectivity index (χ2v) is 8.51. The van der Waals surface area contributed by atoms with Crippen molar-refractivity contribution in [2.45, 2.75) is 40.0 Å². The summed E-state index contributed by atoms with van der Waals surface area (Å²) in [6, 6.07) is 8.03. The number of likely N-dealkylation sites (N-methyl/N-ethyl adjacent to an activating group) is 1. The minimum absolute atomic E-state index is 0.255. The fourth-order valence-electron chi connectivity index (χ4n) is 4.09. The summed E-state index contributed by atoms with van der Waals surface area (Å²) < 4.78 is 13.4. The summed E-state index contributed by atoms with van der Waals surface area (Å²) in [5.74, 6) is 1.35. The number of aliphatic hydroxyl groups excluding tert-OH is 1. The van der Waals surface area contributed by atoms with Gasteiger partial charge < -0.3 is 24.8 Å². The summed E-state index contributed by atoms with van der Waals surface area (Å²) in [4.78, 5) is 4.73. The van der Waals surface area contributed by atoms with E-state index in [1.165, 1.54) is 5.69 Å². The SMILES string of the molecule is CCN1CCN(CC(O)COc2ccc(CNCCn3nc(C)cc3C)cc2OC)CC1. The standard InChI is InChI=1S/C24H39N5O3/c1-5-27-10-12-28(13-11-27)17-22(30)18-32-23-7-6-21(15-24(23)31-4)16-25-8-9-29-20(3)14-19(2)26-29/h6-7,14-15,22,25,30H,5,8-13,16-18H2,1-4H3. The number of aryl methyl sites for hydroxylation is 2. The van der Waals surface area contributed by atoms with Crippen molar-refractivity contribution >= 4 is 0 Å². The Morgan fingerprint density at radius 2 is 1.84 bits per heavy atom. The Hall–Kier alpha value is -2.13. The Balaban J connectivity index is 1.41. The fourth-order valence-corrected chi connectivity index (χ4v) is 4.09. The molecule has 1 aromatic heterocycles. The molecule has 1 saturated heterocycles. The molecule has 0 saturated carbocycles. The molecule has 1 aromatic carbocycles. The van der Waals surface area contributed by atoms with Crippen LogP contribution in [0.3, 0.4) is 0 Å². The third-order valence-corrected chi connectivity index (χ3v) is 5.97. The summed E-state index contributed by atoms with van der Waals surface area (Å²) >= 11 is 0. The molecule has 0 bridgehead atoms. The number of benzene rings is 1. The lowest BCUT2D eigenvalue weighted by molar-refractivity contribution is 0.0464. The molecule has 1 atom stereocenters. The molecule has 178 valence electrons. The lowest BCUT2D eigenvalue weighted by atomic mass is 10.2. The molecule has 2 heterocycles. The zero-order valence-corrected chi connectivity index (χ0v) is 20.0. The van der Waals surface area contributed by atoms with Crippen molar-refractivity contribution in [2.24, 2.45) is 0 Å². The zero-order chi connectivity index (χ0) is 22.9. The Labute approximate surface area is 192 Å². The van der Waals surface area contributed by atoms with E-state index < -0.39 is 6.10 Å². The Morgan fingerprint density at radius 3 is 2.50 bits per heavy atom. The molecule has 1 fully saturated rings. The number of methoxy groups -OCH3 is 1. The van der Waals surface area contributed by atoms with E-state index in [2.05, 4.69) is 40.1 Å². The molecule has 0 radical (unpaired) electrons. The van der Waals surface area contributed by atoms with Crippen LogP contribution in [0.5, 0.6) is 11.5 Å². The molecule has 2 N–H and O–H groups in total. The quantitative estimate of drug-likeness (QED) is 0.482. The van der Waals surface area contributed by atoms with E-state index in [0.717, 1.165) is 63.6 Å². The van der Waals surface area contributed by atoms with Gasteiger partial charge in [-0.2, -0.15) is 5.10 Å². The van der Waals surface area contributed by atoms with Crippen molar-refractivity contribution in [1.29, 1.82) is 0 Å². The number of hydrogen-bond donors (Lipinski definition) is 2. The van der Waals surface area contributed by atoms with Crippen molar-refractivity contribution in [3.05, 3.63) is 41.2 Å². The smallest absolute Gasteiger partial charge is 0.161 e. The van der Waals surface area contributed by atoms with E-state index in [9.17, 15) is 5.11 Å². The molecule has 8 heteroatoms. The van der Waals surface area contributed by atoms with Gasteiger partial charge >= 0.3 is 0 Å². The molecule has 0 spiro atoms. The lowest BCUT2D eigenvalue weighted by Crippen LogP contribution is -2.49. The van der Waals surface area contributed by atoms with Gasteiger partial charge in [0.2, 0.25) is 0 Å². The van der Waals surface area contributed by atoms with Crippen LogP contribution in [-0.4, -0.2) is 90.3 Å². The number of aliphatic hydroxyl groups is 1. The van der Waals surface area contributed by atoms with Gasteiger partial charge in [0.05, 0.1) is 19.3 Å². The van der Waals surface area contributed by atoms with Gasteiger partial charge in [-0.1, -0.05) is 13.0 Å². The highest BCUT2D eigenvalue weighted by atomic mass is 16.5. The van der Waals surface area contributed by atoms with Gasteiger partial charge in [-0.25, -0.2) is 0 Å². The first-order valence-corrected chi connectivity index (χ1v) is 11.6. The molecular formula is C24H39N5O3. The summed E-state index contributed by atoms with van der Waals surface area (Å²) in [6.07, 6.45) is -0.524. The topological polar surface area (TPSA) is 75.0 Å². The number of nitrogens with one attached hydrogen (secondary N) is 1. The Kier molecular flexibility index (Phi) is 9.35. The van der Waals surface area contributed by atoms with E-state index in [4.69, 9.17) is 9.47 Å². The molecular weight excluding hydrogens is 406 g/mol. The van der Waals surface area contributed by atoms with Crippen molar-refractivity contribution in [2.75, 3.05) is 59.5 Å². The van der Waals surface area contributed by atoms with Crippen LogP contribution in [0.4, 0.5) is 0 Å². The molecule has 3 rings (SSSR count). The van der Waals surface area contributed by atoms with Gasteiger partial charge in [0, 0.05) is 51.5 Å². The summed E-state index contributed by atoms with van der Waals surface area (Å²) in [5.41, 5.74) is 3.35. The summed E-state index contributed by atoms with van der Waals surface area (Å²) in [6.45, 7) is 14.8. The predicted molar refractivity (Wildman–Crippen MR) is 126 cm³/mol. The highest BCUT2D eigenvalue weighted by Crippen LogP contribution is 2.28. The van der Waals surface area contributed by atoms with Crippen LogP contribution >= 0.6 is 0 Å². The summed E-state index contributed by atoms with van der Waals surface area (Å²) in [5, 5.41) is 18.4. The number of nitrogens with zero attached hydrogens (tertiary/aromatic N) is 4. The average molecular weight is 446 g/mol. The third kappa shape index (κ3) is 7.20. The van der Waals surface area contributed by atoms with Crippen molar-refractivity contribution in [3.63, 3.8) is 0 Å². The lowest BCUT2D eigenvalue weighted by Gasteiger charge is -2.34. The van der Waals surface area contributed by atoms with Crippen molar-refractivity contribution in [1.82, 2.24) is 24.9 Å². The average Bonchev–Trinajstić information content (AvgIpc) is 3.12. The number of piperazine rings is 1. The van der Waals surface area contributed by atoms with Gasteiger partial charge in [0.25, 0.3) is 0 Å². The molecule has 1 aliphatic heterocycles. The zero-order valence-electron chi connectivity index (χ0n) is 20.0. The fraction of sp³-hybridized carbons (Fsp3) is 0.625. The van der Waals surface area contributed by atoms with E-state index in [0.29, 0.717) is 18.0 Å². The molecule has 1 unspecified atom stereocenters. The first kappa shape index (κ1) is 24.5. The third-order valence-electron chi connectivity index (χ3n) is 5.97. The van der Waals surface area contributed by atoms with Gasteiger partial charge in [0.15, 0.2) is 11.5 Å². The van der Waals surface area contributed by atoms with E-state index in [1.54, 1.807) is 7.11 Å². The minimum Gasteiger partial charge on any atom is -0.493 e. The van der Waals surface area contributed by atoms with Gasteiger partial charge in [-0.3, -0.25) is 9.58 Å². The molecule has 2 aromatic rings.